The molecule has 18 heavy (non-hydrogen) atoms. The minimum absolute atomic E-state index is 0.198. The van der Waals surface area contributed by atoms with Gasteiger partial charge in [0.05, 0.1) is 19.3 Å². The van der Waals surface area contributed by atoms with Gasteiger partial charge < -0.3 is 9.47 Å². The van der Waals surface area contributed by atoms with E-state index in [-0.39, 0.29) is 11.2 Å². The molecule has 1 aliphatic heterocycles. The van der Waals surface area contributed by atoms with Crippen molar-refractivity contribution in [2.75, 3.05) is 13.7 Å². The quantitative estimate of drug-likeness (QED) is 0.707. The molecule has 2 aliphatic rings. The number of esters is 1. The Morgan fingerprint density at radius 1 is 1.44 bits per heavy atom. The van der Waals surface area contributed by atoms with Gasteiger partial charge in [0.15, 0.2) is 0 Å². The number of carbonyl (C=O) groups excluding carboxylic acids is 2. The van der Waals surface area contributed by atoms with Crippen molar-refractivity contribution in [3.63, 3.8) is 0 Å². The Kier molecular flexibility index (Phi) is 2.24. The van der Waals surface area contributed by atoms with Crippen molar-refractivity contribution < 1.29 is 19.1 Å². The van der Waals surface area contributed by atoms with Crippen LogP contribution in [0.3, 0.4) is 0 Å². The summed E-state index contributed by atoms with van der Waals surface area (Å²) in [7, 11) is 1.34. The Labute approximate surface area is 105 Å². The molecule has 0 fully saturated rings. The van der Waals surface area contributed by atoms with Crippen molar-refractivity contribution in [1.29, 1.82) is 0 Å². The van der Waals surface area contributed by atoms with Gasteiger partial charge >= 0.3 is 5.97 Å². The van der Waals surface area contributed by atoms with E-state index in [2.05, 4.69) is 0 Å². The minimum Gasteiger partial charge on any atom is -0.492 e. The highest BCUT2D eigenvalue weighted by Gasteiger charge is 2.43. The molecule has 0 aromatic heterocycles. The number of Topliss-reactive ketones (excluding diaryl/α,β-unsaturated/α-hetero) is 1. The first-order valence-electron chi connectivity index (χ1n) is 5.94. The first-order valence-corrected chi connectivity index (χ1v) is 5.94. The second kappa shape index (κ2) is 3.57. The van der Waals surface area contributed by atoms with Crippen molar-refractivity contribution in [1.82, 2.24) is 0 Å². The Hall–Kier alpha value is -1.84. The summed E-state index contributed by atoms with van der Waals surface area (Å²) in [4.78, 5) is 23.4. The van der Waals surface area contributed by atoms with Crippen LogP contribution >= 0.6 is 0 Å². The SMILES string of the molecule is COC(=O)c1cc2c3c(c1)OCC3(C)CC(=O)C2. The summed E-state index contributed by atoms with van der Waals surface area (Å²) in [5.74, 6) is 0.524. The largest absolute Gasteiger partial charge is 0.492 e. The smallest absolute Gasteiger partial charge is 0.337 e. The second-order valence-corrected chi connectivity index (χ2v) is 5.24. The first kappa shape index (κ1) is 11.3. The van der Waals surface area contributed by atoms with Crippen molar-refractivity contribution in [3.05, 3.63) is 28.8 Å². The zero-order chi connectivity index (χ0) is 12.9. The third kappa shape index (κ3) is 1.45. The van der Waals surface area contributed by atoms with E-state index in [1.54, 1.807) is 12.1 Å². The monoisotopic (exact) mass is 246 g/mol. The molecule has 1 aliphatic carbocycles. The molecule has 0 N–H and O–H groups in total. The number of benzene rings is 1. The molecule has 1 heterocycles. The van der Waals surface area contributed by atoms with Crippen LogP contribution in [0, 0.1) is 0 Å². The Bertz CT molecular complexity index is 561. The van der Waals surface area contributed by atoms with Crippen LogP contribution < -0.4 is 4.74 Å². The van der Waals surface area contributed by atoms with E-state index in [1.807, 2.05) is 6.92 Å². The summed E-state index contributed by atoms with van der Waals surface area (Å²) in [5.41, 5.74) is 2.22. The summed E-state index contributed by atoms with van der Waals surface area (Å²) < 4.78 is 10.4. The summed E-state index contributed by atoms with van der Waals surface area (Å²) in [6.07, 6.45) is 0.899. The minimum atomic E-state index is -0.399. The Morgan fingerprint density at radius 3 is 2.94 bits per heavy atom. The van der Waals surface area contributed by atoms with Gasteiger partial charge in [0.2, 0.25) is 0 Å². The van der Waals surface area contributed by atoms with E-state index in [1.165, 1.54) is 7.11 Å². The van der Waals surface area contributed by atoms with Gasteiger partial charge in [-0.15, -0.1) is 0 Å². The van der Waals surface area contributed by atoms with Crippen LogP contribution in [0.1, 0.15) is 34.8 Å². The number of ketones is 1. The standard InChI is InChI=1S/C14H14O4/c1-14-6-10(15)4-8-3-9(13(16)17-2)5-11(12(8)14)18-7-14/h3,5H,4,6-7H2,1-2H3. The van der Waals surface area contributed by atoms with Crippen molar-refractivity contribution >= 4 is 11.8 Å². The Morgan fingerprint density at radius 2 is 2.22 bits per heavy atom. The molecule has 1 unspecified atom stereocenters. The van der Waals surface area contributed by atoms with Gasteiger partial charge in [0, 0.05) is 23.8 Å². The van der Waals surface area contributed by atoms with Crippen LogP contribution in [0.15, 0.2) is 12.1 Å². The van der Waals surface area contributed by atoms with Crippen LogP contribution in [0.2, 0.25) is 0 Å². The molecule has 94 valence electrons. The van der Waals surface area contributed by atoms with Crippen molar-refractivity contribution in [3.8, 4) is 5.75 Å². The topological polar surface area (TPSA) is 52.6 Å². The van der Waals surface area contributed by atoms with E-state index < -0.39 is 5.97 Å². The lowest BCUT2D eigenvalue weighted by Gasteiger charge is -2.28. The van der Waals surface area contributed by atoms with E-state index in [0.29, 0.717) is 25.0 Å². The van der Waals surface area contributed by atoms with Crippen molar-refractivity contribution in [2.45, 2.75) is 25.2 Å². The van der Waals surface area contributed by atoms with Gasteiger partial charge in [-0.2, -0.15) is 0 Å². The van der Waals surface area contributed by atoms with Crippen LogP contribution in [0.4, 0.5) is 0 Å². The molecular formula is C14H14O4. The number of ether oxygens (including phenoxy) is 2. The van der Waals surface area contributed by atoms with Gasteiger partial charge in [0.1, 0.15) is 11.5 Å². The predicted molar refractivity (Wildman–Crippen MR) is 64.0 cm³/mol. The molecule has 1 aromatic carbocycles. The van der Waals surface area contributed by atoms with E-state index in [9.17, 15) is 9.59 Å². The van der Waals surface area contributed by atoms with E-state index >= 15 is 0 Å². The fraction of sp³-hybridized carbons (Fsp3) is 0.429. The van der Waals surface area contributed by atoms with Gasteiger partial charge in [-0.1, -0.05) is 6.92 Å². The molecule has 4 heteroatoms. The van der Waals surface area contributed by atoms with Gasteiger partial charge in [-0.3, -0.25) is 4.79 Å². The first-order chi connectivity index (χ1) is 8.53. The maximum atomic E-state index is 11.8. The highest BCUT2D eigenvalue weighted by molar-refractivity contribution is 5.92. The Balaban J connectivity index is 2.18. The molecular weight excluding hydrogens is 232 g/mol. The van der Waals surface area contributed by atoms with Gasteiger partial charge in [-0.05, 0) is 17.7 Å². The second-order valence-electron chi connectivity index (χ2n) is 5.24. The molecule has 0 spiro atoms. The third-order valence-corrected chi connectivity index (χ3v) is 3.73. The molecule has 3 rings (SSSR count). The van der Waals surface area contributed by atoms with Gasteiger partial charge in [-0.25, -0.2) is 4.79 Å². The number of methoxy groups -OCH3 is 1. The van der Waals surface area contributed by atoms with E-state index in [0.717, 1.165) is 16.9 Å². The maximum absolute atomic E-state index is 11.8. The average Bonchev–Trinajstić information content (AvgIpc) is 2.66. The lowest BCUT2D eigenvalue weighted by Crippen LogP contribution is -2.33. The summed E-state index contributed by atoms with van der Waals surface area (Å²) in [5, 5.41) is 0. The zero-order valence-corrected chi connectivity index (χ0v) is 10.4. The predicted octanol–water partition coefficient (Wildman–Crippen LogP) is 1.64. The van der Waals surface area contributed by atoms with Crippen LogP contribution in [-0.2, 0) is 21.4 Å². The summed E-state index contributed by atoms with van der Waals surface area (Å²) in [6, 6.07) is 3.47. The third-order valence-electron chi connectivity index (χ3n) is 3.73. The summed E-state index contributed by atoms with van der Waals surface area (Å²) in [6.45, 7) is 2.54. The number of rotatable bonds is 1. The van der Waals surface area contributed by atoms with Crippen LogP contribution in [0.5, 0.6) is 5.75 Å². The fourth-order valence-electron chi connectivity index (χ4n) is 3.01. The molecule has 0 saturated carbocycles. The number of hydrogen-bond donors (Lipinski definition) is 0. The molecule has 1 atom stereocenters. The van der Waals surface area contributed by atoms with Gasteiger partial charge in [0.25, 0.3) is 0 Å². The van der Waals surface area contributed by atoms with Crippen LogP contribution in [0.25, 0.3) is 0 Å². The molecule has 0 amide bonds. The average molecular weight is 246 g/mol. The molecule has 0 bridgehead atoms. The van der Waals surface area contributed by atoms with Crippen LogP contribution in [-0.4, -0.2) is 25.5 Å². The number of carbonyl (C=O) groups is 2. The molecule has 0 saturated heterocycles. The summed E-state index contributed by atoms with van der Waals surface area (Å²) >= 11 is 0. The lowest BCUT2D eigenvalue weighted by molar-refractivity contribution is -0.120. The highest BCUT2D eigenvalue weighted by Crippen LogP contribution is 2.46. The molecule has 4 nitrogen and oxygen atoms in total. The van der Waals surface area contributed by atoms with E-state index in [4.69, 9.17) is 9.47 Å². The maximum Gasteiger partial charge on any atom is 0.337 e. The molecule has 1 aromatic rings. The highest BCUT2D eigenvalue weighted by atomic mass is 16.5. The molecule has 0 radical (unpaired) electrons. The van der Waals surface area contributed by atoms with Crippen molar-refractivity contribution in [2.24, 2.45) is 0 Å². The fourth-order valence-corrected chi connectivity index (χ4v) is 3.01. The normalized spacial score (nSPS) is 24.4. The lowest BCUT2D eigenvalue weighted by atomic mass is 9.72. The number of hydrogen-bond acceptors (Lipinski definition) is 4. The zero-order valence-electron chi connectivity index (χ0n) is 10.4.